The number of anilines is 1. The van der Waals surface area contributed by atoms with Gasteiger partial charge in [-0.2, -0.15) is 0 Å². The number of nitrogens with one attached hydrogen (secondary N) is 1. The summed E-state index contributed by atoms with van der Waals surface area (Å²) in [5.74, 6) is -0.190. The van der Waals surface area contributed by atoms with Crippen molar-refractivity contribution >= 4 is 38.9 Å². The number of nitrogens with two attached hydrogens (primary N) is 1. The van der Waals surface area contributed by atoms with Gasteiger partial charge in [-0.25, -0.2) is 4.98 Å². The summed E-state index contributed by atoms with van der Waals surface area (Å²) in [4.78, 5) is 15.9. The van der Waals surface area contributed by atoms with Crippen LogP contribution in [-0.4, -0.2) is 10.9 Å². The first kappa shape index (κ1) is 12.1. The van der Waals surface area contributed by atoms with E-state index in [2.05, 4.69) is 26.2 Å². The molecule has 1 amide bonds. The highest BCUT2D eigenvalue weighted by atomic mass is 79.9. The first-order valence-corrected chi connectivity index (χ1v) is 6.55. The maximum atomic E-state index is 11.8. The third-order valence-corrected chi connectivity index (χ3v) is 3.41. The maximum absolute atomic E-state index is 11.8. The number of rotatable bonds is 3. The van der Waals surface area contributed by atoms with E-state index in [9.17, 15) is 4.79 Å². The van der Waals surface area contributed by atoms with E-state index < -0.39 is 0 Å². The molecule has 2 rings (SSSR count). The van der Waals surface area contributed by atoms with E-state index in [0.717, 1.165) is 9.48 Å². The van der Waals surface area contributed by atoms with Crippen molar-refractivity contribution in [2.45, 2.75) is 6.54 Å². The van der Waals surface area contributed by atoms with Gasteiger partial charge in [-0.3, -0.25) is 4.79 Å². The molecule has 0 aliphatic carbocycles. The number of nitrogens with zero attached hydrogens (tertiary/aromatic N) is 1. The summed E-state index contributed by atoms with van der Waals surface area (Å²) in [6.07, 6.45) is 1.71. The first-order valence-electron chi connectivity index (χ1n) is 4.88. The lowest BCUT2D eigenvalue weighted by Crippen LogP contribution is -2.23. The minimum absolute atomic E-state index is 0.190. The van der Waals surface area contributed by atoms with Crippen LogP contribution in [0.3, 0.4) is 0 Å². The minimum atomic E-state index is -0.190. The van der Waals surface area contributed by atoms with Gasteiger partial charge in [0.05, 0.1) is 12.1 Å². The summed E-state index contributed by atoms with van der Waals surface area (Å²) < 4.78 is 0.853. The normalized spacial score (nSPS) is 10.2. The summed E-state index contributed by atoms with van der Waals surface area (Å²) >= 11 is 4.80. The summed E-state index contributed by atoms with van der Waals surface area (Å²) in [6, 6.07) is 5.18. The molecule has 0 saturated heterocycles. The van der Waals surface area contributed by atoms with E-state index in [1.54, 1.807) is 24.4 Å². The number of aromatic nitrogens is 1. The average Bonchev–Trinajstić information content (AvgIpc) is 2.78. The quantitative estimate of drug-likeness (QED) is 0.855. The lowest BCUT2D eigenvalue weighted by Gasteiger charge is -2.06. The van der Waals surface area contributed by atoms with Crippen molar-refractivity contribution in [3.63, 3.8) is 0 Å². The number of thiazole rings is 1. The Balaban J connectivity index is 2.04. The molecule has 6 heteroatoms. The Morgan fingerprint density at radius 3 is 3.00 bits per heavy atom. The summed E-state index contributed by atoms with van der Waals surface area (Å²) in [6.45, 7) is 0.423. The zero-order chi connectivity index (χ0) is 12.3. The molecule has 1 heterocycles. The van der Waals surface area contributed by atoms with Crippen LogP contribution in [0.5, 0.6) is 0 Å². The van der Waals surface area contributed by atoms with E-state index >= 15 is 0 Å². The first-order chi connectivity index (χ1) is 8.16. The second-order valence-corrected chi connectivity index (χ2v) is 5.23. The van der Waals surface area contributed by atoms with Crippen molar-refractivity contribution in [3.05, 3.63) is 44.8 Å². The molecule has 0 bridgehead atoms. The van der Waals surface area contributed by atoms with Crippen LogP contribution >= 0.6 is 27.3 Å². The fourth-order valence-corrected chi connectivity index (χ4v) is 2.27. The van der Waals surface area contributed by atoms with Crippen molar-refractivity contribution < 1.29 is 4.79 Å². The smallest absolute Gasteiger partial charge is 0.253 e. The van der Waals surface area contributed by atoms with Gasteiger partial charge in [0.15, 0.2) is 0 Å². The Kier molecular flexibility index (Phi) is 3.75. The molecule has 0 saturated carbocycles. The molecule has 2 aromatic rings. The monoisotopic (exact) mass is 311 g/mol. The molecule has 3 N–H and O–H groups in total. The van der Waals surface area contributed by atoms with Crippen molar-refractivity contribution in [1.29, 1.82) is 0 Å². The van der Waals surface area contributed by atoms with Crippen molar-refractivity contribution in [1.82, 2.24) is 10.3 Å². The third-order valence-electron chi connectivity index (χ3n) is 2.14. The fraction of sp³-hybridized carbons (Fsp3) is 0.0909. The van der Waals surface area contributed by atoms with Crippen molar-refractivity contribution in [2.24, 2.45) is 0 Å². The van der Waals surface area contributed by atoms with Crippen LogP contribution in [0, 0.1) is 0 Å². The van der Waals surface area contributed by atoms with Gasteiger partial charge in [0.25, 0.3) is 5.91 Å². The zero-order valence-corrected chi connectivity index (χ0v) is 11.2. The van der Waals surface area contributed by atoms with Crippen LogP contribution in [0.15, 0.2) is 34.2 Å². The van der Waals surface area contributed by atoms with E-state index in [1.165, 1.54) is 11.3 Å². The third kappa shape index (κ3) is 3.04. The highest BCUT2D eigenvalue weighted by molar-refractivity contribution is 9.10. The van der Waals surface area contributed by atoms with E-state index in [1.807, 2.05) is 5.38 Å². The van der Waals surface area contributed by atoms with Crippen LogP contribution < -0.4 is 11.1 Å². The van der Waals surface area contributed by atoms with Gasteiger partial charge in [0.2, 0.25) is 0 Å². The second-order valence-electron chi connectivity index (χ2n) is 3.34. The topological polar surface area (TPSA) is 68.0 Å². The number of benzene rings is 1. The Hall–Kier alpha value is -1.40. The Bertz CT molecular complexity index is 528. The number of hydrogen-bond donors (Lipinski definition) is 2. The molecule has 0 atom stereocenters. The molecule has 0 fully saturated rings. The number of carbonyl (C=O) groups excluding carboxylic acids is 1. The Morgan fingerprint density at radius 2 is 2.35 bits per heavy atom. The van der Waals surface area contributed by atoms with Gasteiger partial charge in [-0.15, -0.1) is 11.3 Å². The van der Waals surface area contributed by atoms with Crippen LogP contribution in [0.2, 0.25) is 0 Å². The number of amides is 1. The summed E-state index contributed by atoms with van der Waals surface area (Å²) in [5.41, 5.74) is 6.70. The molecule has 0 aliphatic heterocycles. The second kappa shape index (κ2) is 5.29. The molecule has 0 radical (unpaired) electrons. The average molecular weight is 312 g/mol. The van der Waals surface area contributed by atoms with Gasteiger partial charge in [-0.1, -0.05) is 15.9 Å². The SMILES string of the molecule is Nc1cc(Br)ccc1C(=O)NCc1nccs1. The van der Waals surface area contributed by atoms with E-state index in [4.69, 9.17) is 5.73 Å². The summed E-state index contributed by atoms with van der Waals surface area (Å²) in [5, 5.41) is 5.52. The van der Waals surface area contributed by atoms with Gasteiger partial charge < -0.3 is 11.1 Å². The molecule has 0 spiro atoms. The van der Waals surface area contributed by atoms with Gasteiger partial charge >= 0.3 is 0 Å². The molecular weight excluding hydrogens is 302 g/mol. The standard InChI is InChI=1S/C11H10BrN3OS/c12-7-1-2-8(9(13)5-7)11(16)15-6-10-14-3-4-17-10/h1-5H,6,13H2,(H,15,16). The van der Waals surface area contributed by atoms with Crippen LogP contribution in [0.25, 0.3) is 0 Å². The van der Waals surface area contributed by atoms with Gasteiger partial charge in [0.1, 0.15) is 5.01 Å². The lowest BCUT2D eigenvalue weighted by molar-refractivity contribution is 0.0952. The molecule has 1 aromatic heterocycles. The molecule has 17 heavy (non-hydrogen) atoms. The highest BCUT2D eigenvalue weighted by Gasteiger charge is 2.09. The Morgan fingerprint density at radius 1 is 1.53 bits per heavy atom. The minimum Gasteiger partial charge on any atom is -0.398 e. The molecule has 88 valence electrons. The summed E-state index contributed by atoms with van der Waals surface area (Å²) in [7, 11) is 0. The predicted octanol–water partition coefficient (Wildman–Crippen LogP) is 2.42. The van der Waals surface area contributed by atoms with Crippen molar-refractivity contribution in [2.75, 3.05) is 5.73 Å². The lowest BCUT2D eigenvalue weighted by atomic mass is 10.1. The van der Waals surface area contributed by atoms with Crippen LogP contribution in [-0.2, 0) is 6.54 Å². The maximum Gasteiger partial charge on any atom is 0.253 e. The Labute approximate surface area is 111 Å². The van der Waals surface area contributed by atoms with Crippen LogP contribution in [0.4, 0.5) is 5.69 Å². The molecule has 4 nitrogen and oxygen atoms in total. The zero-order valence-electron chi connectivity index (χ0n) is 8.81. The number of halogens is 1. The largest absolute Gasteiger partial charge is 0.398 e. The molecule has 1 aromatic carbocycles. The molecule has 0 unspecified atom stereocenters. The number of nitrogen functional groups attached to an aromatic ring is 1. The fourth-order valence-electron chi connectivity index (χ4n) is 1.33. The van der Waals surface area contributed by atoms with Gasteiger partial charge in [0, 0.05) is 21.7 Å². The highest BCUT2D eigenvalue weighted by Crippen LogP contribution is 2.18. The van der Waals surface area contributed by atoms with E-state index in [-0.39, 0.29) is 5.91 Å². The molecular formula is C11H10BrN3OS. The van der Waals surface area contributed by atoms with E-state index in [0.29, 0.717) is 17.8 Å². The number of carbonyl (C=O) groups is 1. The predicted molar refractivity (Wildman–Crippen MR) is 71.8 cm³/mol. The van der Waals surface area contributed by atoms with Crippen LogP contribution in [0.1, 0.15) is 15.4 Å². The van der Waals surface area contributed by atoms with Gasteiger partial charge in [-0.05, 0) is 18.2 Å². The van der Waals surface area contributed by atoms with Crippen molar-refractivity contribution in [3.8, 4) is 0 Å². The molecule has 0 aliphatic rings. The number of hydrogen-bond acceptors (Lipinski definition) is 4.